The molecule has 26 heavy (non-hydrogen) atoms. The van der Waals surface area contributed by atoms with Crippen molar-refractivity contribution in [1.29, 1.82) is 0 Å². The maximum atomic E-state index is 12.5. The predicted molar refractivity (Wildman–Crippen MR) is 95.9 cm³/mol. The molecule has 8 heteroatoms. The third-order valence-corrected chi connectivity index (χ3v) is 5.09. The summed E-state index contributed by atoms with van der Waals surface area (Å²) < 4.78 is 6.49. The molecule has 3 heterocycles. The monoisotopic (exact) mass is 357 g/mol. The highest BCUT2D eigenvalue weighted by atomic mass is 16.5. The van der Waals surface area contributed by atoms with Gasteiger partial charge in [0.05, 0.1) is 19.3 Å². The lowest BCUT2D eigenvalue weighted by atomic mass is 9.95. The Labute approximate surface area is 148 Å². The summed E-state index contributed by atoms with van der Waals surface area (Å²) in [6.45, 7) is 2.79. The number of aromatic amines is 2. The second kappa shape index (κ2) is 6.06. The highest BCUT2D eigenvalue weighted by molar-refractivity contribution is 5.86. The first-order chi connectivity index (χ1) is 12.5. The number of rotatable bonds is 3. The summed E-state index contributed by atoms with van der Waals surface area (Å²) in [6.07, 6.45) is 0.838. The highest BCUT2D eigenvalue weighted by Crippen LogP contribution is 2.33. The van der Waals surface area contributed by atoms with Crippen LogP contribution in [0.25, 0.3) is 10.9 Å². The first-order valence-electron chi connectivity index (χ1n) is 8.63. The maximum absolute atomic E-state index is 12.5. The molecular formula is C18H21N4O4+. The molecule has 0 saturated carbocycles. The minimum atomic E-state index is -0.601. The molecule has 1 aliphatic rings. The number of nitrogens with one attached hydrogen (secondary N) is 2. The van der Waals surface area contributed by atoms with E-state index < -0.39 is 17.3 Å². The summed E-state index contributed by atoms with van der Waals surface area (Å²) >= 11 is 0. The molecular weight excluding hydrogens is 336 g/mol. The van der Waals surface area contributed by atoms with E-state index in [1.54, 1.807) is 14.0 Å². The summed E-state index contributed by atoms with van der Waals surface area (Å²) in [5.74, 6) is 0.497. The Morgan fingerprint density at radius 3 is 2.88 bits per heavy atom. The Kier molecular flexibility index (Phi) is 3.84. The number of aromatic hydroxyl groups is 1. The lowest BCUT2D eigenvalue weighted by molar-refractivity contribution is -0.690. The van der Waals surface area contributed by atoms with Gasteiger partial charge in [0.25, 0.3) is 5.56 Å². The van der Waals surface area contributed by atoms with Crippen LogP contribution in [0.2, 0.25) is 0 Å². The fraction of sp³-hybridized carbons (Fsp3) is 0.333. The lowest BCUT2D eigenvalue weighted by Gasteiger charge is -2.22. The van der Waals surface area contributed by atoms with Crippen LogP contribution in [0.4, 0.5) is 0 Å². The van der Waals surface area contributed by atoms with E-state index in [4.69, 9.17) is 4.74 Å². The molecule has 8 nitrogen and oxygen atoms in total. The van der Waals surface area contributed by atoms with E-state index in [0.29, 0.717) is 0 Å². The number of hydrogen-bond acceptors (Lipinski definition) is 4. The lowest BCUT2D eigenvalue weighted by Crippen LogP contribution is -2.87. The smallest absolute Gasteiger partial charge is 0.331 e. The molecule has 0 saturated heterocycles. The number of quaternary nitrogens is 1. The van der Waals surface area contributed by atoms with Crippen LogP contribution in [-0.2, 0) is 13.0 Å². The molecule has 0 fully saturated rings. The molecule has 0 bridgehead atoms. The van der Waals surface area contributed by atoms with Gasteiger partial charge in [-0.25, -0.2) is 4.79 Å². The molecule has 0 aliphatic carbocycles. The molecule has 1 aliphatic heterocycles. The van der Waals surface area contributed by atoms with E-state index in [1.807, 2.05) is 23.5 Å². The summed E-state index contributed by atoms with van der Waals surface area (Å²) in [7, 11) is 1.63. The van der Waals surface area contributed by atoms with Crippen LogP contribution in [-0.4, -0.2) is 33.3 Å². The first kappa shape index (κ1) is 16.5. The van der Waals surface area contributed by atoms with Crippen molar-refractivity contribution < 1.29 is 15.2 Å². The normalized spacial score (nSPS) is 16.6. The fourth-order valence-corrected chi connectivity index (χ4v) is 3.83. The van der Waals surface area contributed by atoms with Gasteiger partial charge in [0.1, 0.15) is 11.3 Å². The molecule has 1 aromatic carbocycles. The number of nitrogens with two attached hydrogens (primary N) is 1. The SMILES string of the molecule is CCn1c(O)c([C@@H]2[NH2+]CCc3c2[nH]c2ccc(OC)cc32)c(=O)[nH]c1=O. The van der Waals surface area contributed by atoms with Crippen molar-refractivity contribution in [2.75, 3.05) is 13.7 Å². The van der Waals surface area contributed by atoms with Crippen molar-refractivity contribution in [2.45, 2.75) is 25.9 Å². The highest BCUT2D eigenvalue weighted by Gasteiger charge is 2.34. The van der Waals surface area contributed by atoms with Crippen LogP contribution in [0.1, 0.15) is 29.8 Å². The minimum Gasteiger partial charge on any atom is -0.497 e. The van der Waals surface area contributed by atoms with Crippen LogP contribution in [0.3, 0.4) is 0 Å². The van der Waals surface area contributed by atoms with Gasteiger partial charge in [-0.1, -0.05) is 0 Å². The third-order valence-electron chi connectivity index (χ3n) is 5.09. The maximum Gasteiger partial charge on any atom is 0.331 e. The van der Waals surface area contributed by atoms with E-state index in [1.165, 1.54) is 4.57 Å². The Morgan fingerprint density at radius 2 is 2.15 bits per heavy atom. The topological polar surface area (TPSA) is 117 Å². The molecule has 5 N–H and O–H groups in total. The van der Waals surface area contributed by atoms with Gasteiger partial charge < -0.3 is 20.1 Å². The number of methoxy groups -OCH3 is 1. The van der Waals surface area contributed by atoms with E-state index >= 15 is 0 Å². The third kappa shape index (κ3) is 2.33. The minimum absolute atomic E-state index is 0.200. The van der Waals surface area contributed by atoms with Crippen LogP contribution >= 0.6 is 0 Å². The first-order valence-corrected chi connectivity index (χ1v) is 8.63. The second-order valence-electron chi connectivity index (χ2n) is 6.42. The number of H-pyrrole nitrogens is 2. The quantitative estimate of drug-likeness (QED) is 0.526. The van der Waals surface area contributed by atoms with Gasteiger partial charge in [0.2, 0.25) is 5.88 Å². The Bertz CT molecular complexity index is 1110. The zero-order valence-electron chi connectivity index (χ0n) is 14.6. The number of fused-ring (bicyclic) bond motifs is 3. The molecule has 0 spiro atoms. The summed E-state index contributed by atoms with van der Waals surface area (Å²) in [4.78, 5) is 30.1. The Hall–Kier alpha value is -3.00. The summed E-state index contributed by atoms with van der Waals surface area (Å²) in [6, 6.07) is 5.40. The van der Waals surface area contributed by atoms with Gasteiger partial charge in [-0.15, -0.1) is 0 Å². The average Bonchev–Trinajstić information content (AvgIpc) is 3.00. The molecule has 136 valence electrons. The Balaban J connectivity index is 1.95. The molecule has 1 atom stereocenters. The molecule has 3 aromatic rings. The van der Waals surface area contributed by atoms with Crippen LogP contribution in [0.15, 0.2) is 27.8 Å². The van der Waals surface area contributed by atoms with Gasteiger partial charge in [0, 0.05) is 23.9 Å². The molecule has 2 aromatic heterocycles. The zero-order valence-corrected chi connectivity index (χ0v) is 14.6. The van der Waals surface area contributed by atoms with Gasteiger partial charge >= 0.3 is 5.69 Å². The van der Waals surface area contributed by atoms with Gasteiger partial charge in [-0.3, -0.25) is 14.3 Å². The summed E-state index contributed by atoms with van der Waals surface area (Å²) in [5.41, 5.74) is 1.99. The van der Waals surface area contributed by atoms with Gasteiger partial charge in [0.15, 0.2) is 6.04 Å². The largest absolute Gasteiger partial charge is 0.497 e. The van der Waals surface area contributed by atoms with Crippen LogP contribution < -0.4 is 21.3 Å². The predicted octanol–water partition coefficient (Wildman–Crippen LogP) is -0.0391. The molecule has 0 unspecified atom stereocenters. The van der Waals surface area contributed by atoms with E-state index in [-0.39, 0.29) is 18.0 Å². The second-order valence-corrected chi connectivity index (χ2v) is 6.42. The number of hydrogen-bond donors (Lipinski definition) is 4. The van der Waals surface area contributed by atoms with Crippen molar-refractivity contribution in [3.63, 3.8) is 0 Å². The number of benzene rings is 1. The van der Waals surface area contributed by atoms with Crippen molar-refractivity contribution in [2.24, 2.45) is 0 Å². The van der Waals surface area contributed by atoms with Crippen LogP contribution in [0, 0.1) is 0 Å². The van der Waals surface area contributed by atoms with Crippen molar-refractivity contribution in [3.05, 3.63) is 55.9 Å². The molecule has 0 radical (unpaired) electrons. The zero-order chi connectivity index (χ0) is 18.4. The van der Waals surface area contributed by atoms with Gasteiger partial charge in [-0.05, 0) is 30.7 Å². The Morgan fingerprint density at radius 1 is 1.35 bits per heavy atom. The van der Waals surface area contributed by atoms with Gasteiger partial charge in [-0.2, -0.15) is 0 Å². The average molecular weight is 357 g/mol. The molecule has 4 rings (SSSR count). The van der Waals surface area contributed by atoms with Crippen molar-refractivity contribution in [3.8, 4) is 11.6 Å². The summed E-state index contributed by atoms with van der Waals surface area (Å²) in [5, 5.41) is 13.6. The van der Waals surface area contributed by atoms with E-state index in [0.717, 1.165) is 40.9 Å². The number of aromatic nitrogens is 3. The number of nitrogens with zero attached hydrogens (tertiary/aromatic N) is 1. The van der Waals surface area contributed by atoms with Crippen LogP contribution in [0.5, 0.6) is 11.6 Å². The molecule has 0 amide bonds. The number of ether oxygens (including phenoxy) is 1. The van der Waals surface area contributed by atoms with Crippen molar-refractivity contribution in [1.82, 2.24) is 14.5 Å². The van der Waals surface area contributed by atoms with E-state index in [9.17, 15) is 14.7 Å². The van der Waals surface area contributed by atoms with Crippen molar-refractivity contribution >= 4 is 10.9 Å². The van der Waals surface area contributed by atoms with E-state index in [2.05, 4.69) is 9.97 Å². The fourth-order valence-electron chi connectivity index (χ4n) is 3.83. The standard InChI is InChI=1S/C18H20N4O4/c1-3-22-17(24)13(16(23)21-18(22)25)15-14-10(6-7-19-15)11-8-9(26-2)4-5-12(11)20-14/h4-5,8,15,19-20,24H,3,6-7H2,1-2H3,(H,21,23,25)/p+1/t15-/m0/s1.